The molecule has 2 saturated heterocycles. The van der Waals surface area contributed by atoms with Gasteiger partial charge in [-0.2, -0.15) is 0 Å². The second-order valence-corrected chi connectivity index (χ2v) is 13.5. The lowest BCUT2D eigenvalue weighted by molar-refractivity contribution is -0.164. The Morgan fingerprint density at radius 3 is 2.49 bits per heavy atom. The number of ether oxygens (including phenoxy) is 2. The molecule has 1 spiro atoms. The maximum absolute atomic E-state index is 14.8. The Morgan fingerprint density at radius 2 is 1.77 bits per heavy atom. The van der Waals surface area contributed by atoms with Gasteiger partial charge in [0.1, 0.15) is 23.7 Å². The summed E-state index contributed by atoms with van der Waals surface area (Å²) in [5, 5.41) is 9.25. The van der Waals surface area contributed by atoms with E-state index in [4.69, 9.17) is 9.47 Å². The Morgan fingerprint density at radius 1 is 1.02 bits per heavy atom. The Hall–Kier alpha value is -3.50. The molecule has 4 heterocycles. The molecule has 47 heavy (non-hydrogen) atoms. The average Bonchev–Trinajstić information content (AvgIpc) is 3.71. The number of allylic oxidation sites excluding steroid dienone is 1. The van der Waals surface area contributed by atoms with Crippen molar-refractivity contribution in [3.63, 3.8) is 0 Å². The molecule has 10 nitrogen and oxygen atoms in total. The minimum atomic E-state index is -1.28. The number of hydrogen-bond donors (Lipinski definition) is 1. The van der Waals surface area contributed by atoms with E-state index in [0.29, 0.717) is 32.4 Å². The van der Waals surface area contributed by atoms with E-state index in [2.05, 4.69) is 6.92 Å². The quantitative estimate of drug-likeness (QED) is 0.230. The first-order chi connectivity index (χ1) is 22.7. The van der Waals surface area contributed by atoms with E-state index in [1.165, 1.54) is 0 Å². The molecule has 4 aliphatic heterocycles. The SMILES string of the molecule is CCCC(C)N1C/C=C\CCC(=O)N(C)[C@H](C)[C@@H](c2ccccc2)OC(=O)[C@@H]2[C@@H]3C=C[C@]4(O3)[C@H](C1=O)N(CCCCCCO)C(=O)[C@@H]24. The molecule has 0 aliphatic carbocycles. The highest BCUT2D eigenvalue weighted by Gasteiger charge is 2.73. The molecule has 8 atom stereocenters. The average molecular weight is 650 g/mol. The number of carbonyl (C=O) groups excluding carboxylic acids is 4. The van der Waals surface area contributed by atoms with Crippen LogP contribution in [0.1, 0.15) is 83.8 Å². The number of cyclic esters (lactones) is 1. The maximum atomic E-state index is 14.8. The number of likely N-dealkylation sites (tertiary alicyclic amines) is 1. The number of hydrogen-bond acceptors (Lipinski definition) is 7. The van der Waals surface area contributed by atoms with Crippen LogP contribution in [-0.4, -0.2) is 100 Å². The summed E-state index contributed by atoms with van der Waals surface area (Å²) < 4.78 is 12.9. The van der Waals surface area contributed by atoms with E-state index in [9.17, 15) is 24.3 Å². The van der Waals surface area contributed by atoms with E-state index in [-0.39, 0.29) is 36.8 Å². The molecule has 4 aliphatic rings. The van der Waals surface area contributed by atoms with Crippen molar-refractivity contribution in [3.05, 3.63) is 60.2 Å². The molecule has 0 aromatic heterocycles. The van der Waals surface area contributed by atoms with Crippen LogP contribution in [0.4, 0.5) is 0 Å². The minimum Gasteiger partial charge on any atom is -0.455 e. The molecule has 0 radical (unpaired) electrons. The van der Waals surface area contributed by atoms with E-state index in [1.54, 1.807) is 16.8 Å². The third-order valence-corrected chi connectivity index (χ3v) is 10.5. The van der Waals surface area contributed by atoms with Crippen molar-refractivity contribution >= 4 is 23.7 Å². The number of rotatable bonds is 10. The lowest BCUT2D eigenvalue weighted by atomic mass is 9.74. The number of benzene rings is 1. The first-order valence-corrected chi connectivity index (χ1v) is 17.4. The van der Waals surface area contributed by atoms with Crippen molar-refractivity contribution in [2.24, 2.45) is 11.8 Å². The number of unbranched alkanes of at least 4 members (excludes halogenated alkanes) is 3. The maximum Gasteiger partial charge on any atom is 0.313 e. The van der Waals surface area contributed by atoms with Gasteiger partial charge in [-0.05, 0) is 45.1 Å². The molecule has 1 N–H and O–H groups in total. The van der Waals surface area contributed by atoms with Crippen LogP contribution in [0.5, 0.6) is 0 Å². The fourth-order valence-corrected chi connectivity index (χ4v) is 7.83. The van der Waals surface area contributed by atoms with Gasteiger partial charge in [0.2, 0.25) is 17.7 Å². The number of esters is 1. The summed E-state index contributed by atoms with van der Waals surface area (Å²) in [6, 6.07) is 7.86. The summed E-state index contributed by atoms with van der Waals surface area (Å²) >= 11 is 0. The summed E-state index contributed by atoms with van der Waals surface area (Å²) in [5.41, 5.74) is -0.535. The monoisotopic (exact) mass is 649 g/mol. The normalized spacial score (nSPS) is 32.6. The van der Waals surface area contributed by atoms with Gasteiger partial charge in [0.25, 0.3) is 0 Å². The molecule has 2 fully saturated rings. The van der Waals surface area contributed by atoms with Gasteiger partial charge in [-0.15, -0.1) is 0 Å². The fourth-order valence-electron chi connectivity index (χ4n) is 7.83. The highest BCUT2D eigenvalue weighted by Crippen LogP contribution is 2.56. The van der Waals surface area contributed by atoms with Gasteiger partial charge in [-0.1, -0.05) is 80.8 Å². The van der Waals surface area contributed by atoms with Gasteiger partial charge in [0.05, 0.1) is 18.1 Å². The van der Waals surface area contributed by atoms with Crippen LogP contribution in [0, 0.1) is 11.8 Å². The highest BCUT2D eigenvalue weighted by atomic mass is 16.6. The Kier molecular flexibility index (Phi) is 11.2. The molecule has 5 rings (SSSR count). The van der Waals surface area contributed by atoms with Gasteiger partial charge in [0, 0.05) is 39.2 Å². The van der Waals surface area contributed by atoms with Gasteiger partial charge in [0.15, 0.2) is 0 Å². The van der Waals surface area contributed by atoms with Crippen LogP contribution >= 0.6 is 0 Å². The molecule has 0 saturated carbocycles. The van der Waals surface area contributed by atoms with Crippen LogP contribution < -0.4 is 0 Å². The smallest absolute Gasteiger partial charge is 0.313 e. The molecular formula is C37H51N3O7. The summed E-state index contributed by atoms with van der Waals surface area (Å²) in [6.07, 6.45) is 11.5. The summed E-state index contributed by atoms with van der Waals surface area (Å²) in [5.74, 6) is -2.95. The standard InChI is InChI=1S/C37H51N3O7/c1-5-16-25(2)39-22-14-9-12-19-29(42)38(4)26(3)32(27-17-10-8-11-18-27)46-36(45)30-28-20-21-37(47-28)31(30)34(43)40(33(37)35(39)44)23-13-6-7-15-24-41/h8-11,14,17-18,20-21,25-26,28,30-33,41H,5-7,12-13,15-16,19,22-24H2,1-4H3/b14-9-/t25?,26-,28+,30-,31-,32+,33+,37-/m1/s1. The molecule has 3 amide bonds. The Labute approximate surface area is 278 Å². The van der Waals surface area contributed by atoms with E-state index < -0.39 is 47.7 Å². The molecule has 1 aromatic rings. The first-order valence-electron chi connectivity index (χ1n) is 17.4. The zero-order valence-electron chi connectivity index (χ0n) is 28.3. The lowest BCUT2D eigenvalue weighted by Crippen LogP contribution is -2.57. The van der Waals surface area contributed by atoms with E-state index in [1.807, 2.05) is 73.4 Å². The lowest BCUT2D eigenvalue weighted by Gasteiger charge is -2.38. The summed E-state index contributed by atoms with van der Waals surface area (Å²) in [4.78, 5) is 61.9. The van der Waals surface area contributed by atoms with Crippen molar-refractivity contribution in [2.45, 2.75) is 108 Å². The van der Waals surface area contributed by atoms with Crippen LogP contribution in [0.3, 0.4) is 0 Å². The Bertz CT molecular complexity index is 1350. The summed E-state index contributed by atoms with van der Waals surface area (Å²) in [6.45, 7) is 6.77. The van der Waals surface area contributed by atoms with Crippen molar-refractivity contribution < 1.29 is 33.8 Å². The second kappa shape index (κ2) is 15.2. The van der Waals surface area contributed by atoms with Gasteiger partial charge in [-0.3, -0.25) is 19.2 Å². The molecule has 1 unspecified atom stereocenters. The van der Waals surface area contributed by atoms with Crippen molar-refractivity contribution in [3.8, 4) is 0 Å². The predicted octanol–water partition coefficient (Wildman–Crippen LogP) is 4.19. The minimum absolute atomic E-state index is 0.0789. The van der Waals surface area contributed by atoms with Crippen LogP contribution in [-0.2, 0) is 28.7 Å². The topological polar surface area (TPSA) is 117 Å². The number of amides is 3. The van der Waals surface area contributed by atoms with Crippen LogP contribution in [0.2, 0.25) is 0 Å². The summed E-state index contributed by atoms with van der Waals surface area (Å²) in [7, 11) is 1.73. The third kappa shape index (κ3) is 6.77. The number of fused-ring (bicyclic) bond motifs is 2. The Balaban J connectivity index is 1.56. The van der Waals surface area contributed by atoms with Crippen LogP contribution in [0.25, 0.3) is 0 Å². The number of carbonyl (C=O) groups is 4. The zero-order chi connectivity index (χ0) is 33.7. The zero-order valence-corrected chi connectivity index (χ0v) is 28.3. The molecule has 1 aromatic carbocycles. The van der Waals surface area contributed by atoms with Gasteiger partial charge in [-0.25, -0.2) is 0 Å². The van der Waals surface area contributed by atoms with E-state index in [0.717, 1.165) is 31.2 Å². The first kappa shape index (κ1) is 34.8. The molecule has 10 heteroatoms. The van der Waals surface area contributed by atoms with Crippen molar-refractivity contribution in [2.75, 3.05) is 26.7 Å². The second-order valence-electron chi connectivity index (χ2n) is 13.5. The molecule has 256 valence electrons. The number of aliphatic hydroxyl groups excluding tert-OH is 1. The largest absolute Gasteiger partial charge is 0.455 e. The predicted molar refractivity (Wildman–Crippen MR) is 177 cm³/mol. The van der Waals surface area contributed by atoms with Crippen LogP contribution in [0.15, 0.2) is 54.6 Å². The molecular weight excluding hydrogens is 598 g/mol. The van der Waals surface area contributed by atoms with Gasteiger partial charge < -0.3 is 29.3 Å². The van der Waals surface area contributed by atoms with E-state index >= 15 is 0 Å². The highest BCUT2D eigenvalue weighted by molar-refractivity contribution is 5.99. The van der Waals surface area contributed by atoms with Crippen molar-refractivity contribution in [1.29, 1.82) is 0 Å². The molecule has 5 bridgehead atoms. The third-order valence-electron chi connectivity index (χ3n) is 10.5. The number of nitrogens with zero attached hydrogens (tertiary/aromatic N) is 3. The van der Waals surface area contributed by atoms with Gasteiger partial charge >= 0.3 is 5.97 Å². The number of aliphatic hydroxyl groups is 1. The number of likely N-dealkylation sites (N-methyl/N-ethyl adjacent to an activating group) is 1. The van der Waals surface area contributed by atoms with Crippen molar-refractivity contribution in [1.82, 2.24) is 14.7 Å². The fraction of sp³-hybridized carbons (Fsp3) is 0.622.